The summed E-state index contributed by atoms with van der Waals surface area (Å²) in [6.07, 6.45) is 6.01. The van der Waals surface area contributed by atoms with Crippen LogP contribution in [0.15, 0.2) is 0 Å². The Balaban J connectivity index is 2.03. The van der Waals surface area contributed by atoms with E-state index in [1.54, 1.807) is 0 Å². The molecule has 0 amide bonds. The summed E-state index contributed by atoms with van der Waals surface area (Å²) in [6.45, 7) is 7.34. The van der Waals surface area contributed by atoms with Gasteiger partial charge in [-0.05, 0) is 36.0 Å². The molecule has 0 aromatic rings. The molecule has 0 aliphatic heterocycles. The minimum atomic E-state index is 0.717. The van der Waals surface area contributed by atoms with E-state index in [4.69, 9.17) is 0 Å². The summed E-state index contributed by atoms with van der Waals surface area (Å²) in [6, 6.07) is 0. The fourth-order valence-corrected chi connectivity index (χ4v) is 3.14. The molecule has 0 N–H and O–H groups in total. The standard InChI is InChI=1S/C11H20/c1-8-5-4-6-9-10(7-8)11(9,2)3/h8-10H,4-7H2,1-3H3. The van der Waals surface area contributed by atoms with Crippen molar-refractivity contribution in [2.75, 3.05) is 0 Å². The molecule has 0 heteroatoms. The lowest BCUT2D eigenvalue weighted by atomic mass is 9.95. The van der Waals surface area contributed by atoms with Crippen LogP contribution in [0, 0.1) is 23.2 Å². The molecule has 2 saturated carbocycles. The van der Waals surface area contributed by atoms with Crippen molar-refractivity contribution in [2.45, 2.75) is 46.5 Å². The van der Waals surface area contributed by atoms with Gasteiger partial charge in [0.15, 0.2) is 0 Å². The SMILES string of the molecule is CC1CCCC2C(C1)C2(C)C. The summed E-state index contributed by atoms with van der Waals surface area (Å²) in [7, 11) is 0. The largest absolute Gasteiger partial charge is 0.0625 e. The molecule has 0 nitrogen and oxygen atoms in total. The Labute approximate surface area is 70.4 Å². The second-order valence-corrected chi connectivity index (χ2v) is 5.31. The zero-order chi connectivity index (χ0) is 8.06. The topological polar surface area (TPSA) is 0 Å². The van der Waals surface area contributed by atoms with Gasteiger partial charge in [0.1, 0.15) is 0 Å². The van der Waals surface area contributed by atoms with Crippen LogP contribution < -0.4 is 0 Å². The molecular weight excluding hydrogens is 132 g/mol. The average molecular weight is 152 g/mol. The molecule has 64 valence electrons. The highest BCUT2D eigenvalue weighted by atomic mass is 14.6. The van der Waals surface area contributed by atoms with E-state index in [1.165, 1.54) is 25.7 Å². The van der Waals surface area contributed by atoms with Crippen molar-refractivity contribution in [3.8, 4) is 0 Å². The second kappa shape index (κ2) is 2.24. The lowest BCUT2D eigenvalue weighted by molar-refractivity contribution is 0.403. The summed E-state index contributed by atoms with van der Waals surface area (Å²) in [5.41, 5.74) is 0.717. The predicted octanol–water partition coefficient (Wildman–Crippen LogP) is 3.47. The molecule has 0 bridgehead atoms. The van der Waals surface area contributed by atoms with E-state index in [2.05, 4.69) is 20.8 Å². The summed E-state index contributed by atoms with van der Waals surface area (Å²) in [5, 5.41) is 0. The molecule has 2 aliphatic carbocycles. The summed E-state index contributed by atoms with van der Waals surface area (Å²) < 4.78 is 0. The molecule has 0 heterocycles. The van der Waals surface area contributed by atoms with E-state index in [0.29, 0.717) is 5.41 Å². The lowest BCUT2D eigenvalue weighted by Gasteiger charge is -2.11. The predicted molar refractivity (Wildman–Crippen MR) is 48.4 cm³/mol. The maximum Gasteiger partial charge on any atom is -0.0292 e. The van der Waals surface area contributed by atoms with E-state index in [-0.39, 0.29) is 0 Å². The van der Waals surface area contributed by atoms with Gasteiger partial charge in [0.25, 0.3) is 0 Å². The monoisotopic (exact) mass is 152 g/mol. The van der Waals surface area contributed by atoms with E-state index < -0.39 is 0 Å². The van der Waals surface area contributed by atoms with Crippen molar-refractivity contribution >= 4 is 0 Å². The van der Waals surface area contributed by atoms with Gasteiger partial charge in [-0.25, -0.2) is 0 Å². The minimum absolute atomic E-state index is 0.717. The Kier molecular flexibility index (Phi) is 1.56. The Morgan fingerprint density at radius 1 is 1.09 bits per heavy atom. The number of fused-ring (bicyclic) bond motifs is 1. The van der Waals surface area contributed by atoms with Crippen LogP contribution in [-0.2, 0) is 0 Å². The van der Waals surface area contributed by atoms with Crippen molar-refractivity contribution in [1.82, 2.24) is 0 Å². The van der Waals surface area contributed by atoms with Crippen LogP contribution in [0.4, 0.5) is 0 Å². The van der Waals surface area contributed by atoms with Gasteiger partial charge in [-0.1, -0.05) is 33.6 Å². The molecule has 0 spiro atoms. The first-order valence-corrected chi connectivity index (χ1v) is 5.12. The van der Waals surface area contributed by atoms with Gasteiger partial charge >= 0.3 is 0 Å². The first-order chi connectivity index (χ1) is 5.12. The van der Waals surface area contributed by atoms with Crippen LogP contribution in [0.25, 0.3) is 0 Å². The van der Waals surface area contributed by atoms with Crippen molar-refractivity contribution in [1.29, 1.82) is 0 Å². The number of hydrogen-bond acceptors (Lipinski definition) is 0. The minimum Gasteiger partial charge on any atom is -0.0625 e. The highest BCUT2D eigenvalue weighted by Gasteiger charge is 2.57. The van der Waals surface area contributed by atoms with Gasteiger partial charge in [-0.2, -0.15) is 0 Å². The summed E-state index contributed by atoms with van der Waals surface area (Å²) >= 11 is 0. The average Bonchev–Trinajstić information content (AvgIpc) is 2.48. The van der Waals surface area contributed by atoms with Gasteiger partial charge in [-0.3, -0.25) is 0 Å². The molecule has 0 saturated heterocycles. The first-order valence-electron chi connectivity index (χ1n) is 5.12. The van der Waals surface area contributed by atoms with E-state index in [0.717, 1.165) is 17.8 Å². The molecule has 3 atom stereocenters. The van der Waals surface area contributed by atoms with Crippen molar-refractivity contribution < 1.29 is 0 Å². The van der Waals surface area contributed by atoms with Crippen molar-refractivity contribution in [3.05, 3.63) is 0 Å². The van der Waals surface area contributed by atoms with Gasteiger partial charge in [0.2, 0.25) is 0 Å². The van der Waals surface area contributed by atoms with E-state index in [9.17, 15) is 0 Å². The van der Waals surface area contributed by atoms with Gasteiger partial charge in [0, 0.05) is 0 Å². The number of rotatable bonds is 0. The zero-order valence-corrected chi connectivity index (χ0v) is 8.06. The summed E-state index contributed by atoms with van der Waals surface area (Å²) in [4.78, 5) is 0. The van der Waals surface area contributed by atoms with Crippen LogP contribution >= 0.6 is 0 Å². The molecule has 11 heavy (non-hydrogen) atoms. The van der Waals surface area contributed by atoms with Gasteiger partial charge in [-0.15, -0.1) is 0 Å². The van der Waals surface area contributed by atoms with Gasteiger partial charge in [0.05, 0.1) is 0 Å². The van der Waals surface area contributed by atoms with E-state index >= 15 is 0 Å². The Morgan fingerprint density at radius 2 is 1.82 bits per heavy atom. The third-order valence-corrected chi connectivity index (χ3v) is 4.16. The molecule has 0 aromatic heterocycles. The molecule has 3 unspecified atom stereocenters. The molecule has 0 radical (unpaired) electrons. The maximum absolute atomic E-state index is 2.46. The molecular formula is C11H20. The Hall–Kier alpha value is 0. The Bertz CT molecular complexity index is 157. The van der Waals surface area contributed by atoms with Crippen LogP contribution in [0.5, 0.6) is 0 Å². The molecule has 2 fully saturated rings. The van der Waals surface area contributed by atoms with Crippen LogP contribution in [0.2, 0.25) is 0 Å². The third kappa shape index (κ3) is 1.11. The highest BCUT2D eigenvalue weighted by molar-refractivity contribution is 5.05. The van der Waals surface area contributed by atoms with Crippen molar-refractivity contribution in [3.63, 3.8) is 0 Å². The lowest BCUT2D eigenvalue weighted by Crippen LogP contribution is -2.00. The normalized spacial score (nSPS) is 47.7. The fourth-order valence-electron chi connectivity index (χ4n) is 3.14. The Morgan fingerprint density at radius 3 is 2.55 bits per heavy atom. The first kappa shape index (κ1) is 7.64. The highest BCUT2D eigenvalue weighted by Crippen LogP contribution is 2.64. The second-order valence-electron chi connectivity index (χ2n) is 5.31. The van der Waals surface area contributed by atoms with Crippen molar-refractivity contribution in [2.24, 2.45) is 23.2 Å². The molecule has 2 aliphatic rings. The number of hydrogen-bond donors (Lipinski definition) is 0. The quantitative estimate of drug-likeness (QED) is 0.498. The summed E-state index contributed by atoms with van der Waals surface area (Å²) in [5.74, 6) is 3.18. The molecule has 2 rings (SSSR count). The zero-order valence-electron chi connectivity index (χ0n) is 8.06. The smallest absolute Gasteiger partial charge is 0.0292 e. The van der Waals surface area contributed by atoms with Crippen LogP contribution in [0.3, 0.4) is 0 Å². The van der Waals surface area contributed by atoms with Crippen LogP contribution in [-0.4, -0.2) is 0 Å². The maximum atomic E-state index is 2.46. The fraction of sp³-hybridized carbons (Fsp3) is 1.00. The van der Waals surface area contributed by atoms with E-state index in [1.807, 2.05) is 0 Å². The van der Waals surface area contributed by atoms with Crippen LogP contribution in [0.1, 0.15) is 46.5 Å². The van der Waals surface area contributed by atoms with Gasteiger partial charge < -0.3 is 0 Å². The third-order valence-electron chi connectivity index (χ3n) is 4.16. The molecule has 0 aromatic carbocycles.